The number of ether oxygens (including phenoxy) is 1. The molecule has 0 aliphatic heterocycles. The lowest BCUT2D eigenvalue weighted by Crippen LogP contribution is -2.65. The number of aliphatic hydroxyl groups is 1. The van der Waals surface area contributed by atoms with Gasteiger partial charge in [-0.15, -0.1) is 6.58 Å². The van der Waals surface area contributed by atoms with E-state index in [2.05, 4.69) is 53.3 Å². The Hall–Kier alpha value is -0.600. The molecule has 3 fully saturated rings. The van der Waals surface area contributed by atoms with Crippen molar-refractivity contribution in [3.05, 3.63) is 24.3 Å². The van der Waals surface area contributed by atoms with Gasteiger partial charge in [0.15, 0.2) is 0 Å². The summed E-state index contributed by atoms with van der Waals surface area (Å²) < 4.78 is 6.12. The zero-order valence-electron chi connectivity index (χ0n) is 18.4. The minimum absolute atomic E-state index is 0.128. The van der Waals surface area contributed by atoms with E-state index in [9.17, 15) is 5.11 Å². The highest BCUT2D eigenvalue weighted by Crippen LogP contribution is 2.66. The number of hydrogen-bond donors (Lipinski definition) is 1. The maximum atomic E-state index is 12.1. The second-order valence-corrected chi connectivity index (χ2v) is 10.9. The first-order valence-corrected chi connectivity index (χ1v) is 11.2. The van der Waals surface area contributed by atoms with Crippen LogP contribution in [0.4, 0.5) is 0 Å². The molecule has 1 N–H and O–H groups in total. The summed E-state index contributed by atoms with van der Waals surface area (Å²) in [7, 11) is 0. The maximum Gasteiger partial charge on any atom is 0.0756 e. The second kappa shape index (κ2) is 7.34. The molecule has 0 amide bonds. The monoisotopic (exact) mass is 374 g/mol. The van der Waals surface area contributed by atoms with Crippen LogP contribution in [0.15, 0.2) is 24.3 Å². The Balaban J connectivity index is 1.81. The predicted octanol–water partition coefficient (Wildman–Crippen LogP) is 6.30. The highest BCUT2D eigenvalue weighted by molar-refractivity contribution is 5.15. The van der Waals surface area contributed by atoms with Crippen molar-refractivity contribution >= 4 is 0 Å². The molecular formula is C25H42O2. The standard InChI is InChI=1S/C25H42O2/c1-7-19(3)17-27-18-23(5)12-9-10-21-24(6)15-14-22(4,8-2)16-20(24)11-13-25(21,23)26/h7-8,20-21,26H,2,9-18H2,1,3-6H3. The predicted molar refractivity (Wildman–Crippen MR) is 114 cm³/mol. The molecule has 0 spiro atoms. The van der Waals surface area contributed by atoms with Crippen LogP contribution in [0.1, 0.15) is 86.0 Å². The molecule has 3 aliphatic rings. The Morgan fingerprint density at radius 1 is 1.15 bits per heavy atom. The van der Waals surface area contributed by atoms with E-state index in [1.165, 1.54) is 37.7 Å². The Morgan fingerprint density at radius 2 is 1.89 bits per heavy atom. The molecule has 6 unspecified atom stereocenters. The minimum atomic E-state index is -0.581. The molecule has 0 radical (unpaired) electrons. The lowest BCUT2D eigenvalue weighted by molar-refractivity contribution is -0.241. The van der Waals surface area contributed by atoms with Crippen molar-refractivity contribution in [2.75, 3.05) is 13.2 Å². The summed E-state index contributed by atoms with van der Waals surface area (Å²) in [6.07, 6.45) is 13.6. The summed E-state index contributed by atoms with van der Waals surface area (Å²) in [5, 5.41) is 12.1. The van der Waals surface area contributed by atoms with Crippen LogP contribution in [0.25, 0.3) is 0 Å². The highest BCUT2D eigenvalue weighted by Gasteiger charge is 2.64. The molecule has 6 atom stereocenters. The van der Waals surface area contributed by atoms with Gasteiger partial charge in [0.1, 0.15) is 0 Å². The van der Waals surface area contributed by atoms with E-state index in [1.54, 1.807) is 0 Å². The molecular weight excluding hydrogens is 332 g/mol. The van der Waals surface area contributed by atoms with Gasteiger partial charge < -0.3 is 9.84 Å². The number of rotatable bonds is 5. The molecule has 0 aromatic carbocycles. The number of hydrogen-bond acceptors (Lipinski definition) is 2. The smallest absolute Gasteiger partial charge is 0.0756 e. The molecule has 0 bridgehead atoms. The number of allylic oxidation sites excluding steroid dienone is 2. The van der Waals surface area contributed by atoms with Gasteiger partial charge in [-0.05, 0) is 81.5 Å². The van der Waals surface area contributed by atoms with Crippen LogP contribution in [-0.2, 0) is 4.74 Å². The first-order valence-electron chi connectivity index (χ1n) is 11.2. The van der Waals surface area contributed by atoms with Gasteiger partial charge in [0.25, 0.3) is 0 Å². The molecule has 3 aliphatic carbocycles. The van der Waals surface area contributed by atoms with Gasteiger partial charge in [0.2, 0.25) is 0 Å². The summed E-state index contributed by atoms with van der Waals surface area (Å²) in [4.78, 5) is 0. The van der Waals surface area contributed by atoms with Crippen molar-refractivity contribution in [3.63, 3.8) is 0 Å². The zero-order chi connectivity index (χ0) is 19.9. The fraction of sp³-hybridized carbons (Fsp3) is 0.840. The minimum Gasteiger partial charge on any atom is -0.389 e. The van der Waals surface area contributed by atoms with Gasteiger partial charge >= 0.3 is 0 Å². The van der Waals surface area contributed by atoms with E-state index >= 15 is 0 Å². The summed E-state index contributed by atoms with van der Waals surface area (Å²) in [6, 6.07) is 0. The fourth-order valence-electron chi connectivity index (χ4n) is 6.77. The van der Waals surface area contributed by atoms with Crippen LogP contribution in [-0.4, -0.2) is 23.9 Å². The van der Waals surface area contributed by atoms with Crippen molar-refractivity contribution in [2.45, 2.75) is 91.6 Å². The molecule has 2 nitrogen and oxygen atoms in total. The third-order valence-electron chi connectivity index (χ3n) is 9.13. The molecule has 0 aromatic heterocycles. The van der Waals surface area contributed by atoms with Gasteiger partial charge in [-0.2, -0.15) is 0 Å². The average molecular weight is 375 g/mol. The van der Waals surface area contributed by atoms with E-state index < -0.39 is 5.60 Å². The Morgan fingerprint density at radius 3 is 2.56 bits per heavy atom. The van der Waals surface area contributed by atoms with Gasteiger partial charge in [0.05, 0.1) is 18.8 Å². The lowest BCUT2D eigenvalue weighted by atomic mass is 9.42. The van der Waals surface area contributed by atoms with Crippen molar-refractivity contribution in [1.82, 2.24) is 0 Å². The van der Waals surface area contributed by atoms with Crippen LogP contribution in [0.2, 0.25) is 0 Å². The van der Waals surface area contributed by atoms with E-state index in [-0.39, 0.29) is 16.2 Å². The normalized spacial score (nSPS) is 47.9. The first-order chi connectivity index (χ1) is 12.6. The van der Waals surface area contributed by atoms with Crippen molar-refractivity contribution in [3.8, 4) is 0 Å². The van der Waals surface area contributed by atoms with E-state index in [0.717, 1.165) is 19.3 Å². The van der Waals surface area contributed by atoms with Crippen LogP contribution < -0.4 is 0 Å². The average Bonchev–Trinajstić information content (AvgIpc) is 2.64. The summed E-state index contributed by atoms with van der Waals surface area (Å²) >= 11 is 0. The SMILES string of the molecule is C=CC1(C)CCC2(C)C(CCC3(O)C2CCCC3(C)COCC(C)=CC)C1. The molecule has 0 aromatic rings. The Labute approximate surface area is 167 Å². The summed E-state index contributed by atoms with van der Waals surface area (Å²) in [5.74, 6) is 1.12. The third kappa shape index (κ3) is 3.46. The molecule has 2 heteroatoms. The fourth-order valence-corrected chi connectivity index (χ4v) is 6.77. The summed E-state index contributed by atoms with van der Waals surface area (Å²) in [5.41, 5.74) is 1.10. The molecule has 0 saturated heterocycles. The molecule has 3 saturated carbocycles. The van der Waals surface area contributed by atoms with Gasteiger partial charge in [0, 0.05) is 5.41 Å². The summed E-state index contributed by atoms with van der Waals surface area (Å²) in [6.45, 7) is 16.8. The van der Waals surface area contributed by atoms with Crippen LogP contribution in [0, 0.1) is 28.1 Å². The van der Waals surface area contributed by atoms with Crippen LogP contribution in [0.3, 0.4) is 0 Å². The van der Waals surface area contributed by atoms with E-state index in [4.69, 9.17) is 4.74 Å². The molecule has 3 rings (SSSR count). The molecule has 27 heavy (non-hydrogen) atoms. The maximum absolute atomic E-state index is 12.1. The Kier molecular flexibility index (Phi) is 5.74. The number of fused-ring (bicyclic) bond motifs is 3. The quantitative estimate of drug-likeness (QED) is 0.572. The van der Waals surface area contributed by atoms with Crippen molar-refractivity contribution < 1.29 is 9.84 Å². The third-order valence-corrected chi connectivity index (χ3v) is 9.13. The van der Waals surface area contributed by atoms with Gasteiger partial charge in [-0.3, -0.25) is 0 Å². The Bertz CT molecular complexity index is 595. The van der Waals surface area contributed by atoms with Crippen molar-refractivity contribution in [1.29, 1.82) is 0 Å². The van der Waals surface area contributed by atoms with Gasteiger partial charge in [-0.1, -0.05) is 44.9 Å². The van der Waals surface area contributed by atoms with E-state index in [1.807, 2.05) is 0 Å². The zero-order valence-corrected chi connectivity index (χ0v) is 18.4. The van der Waals surface area contributed by atoms with Crippen LogP contribution in [0.5, 0.6) is 0 Å². The lowest BCUT2D eigenvalue weighted by Gasteiger charge is -2.65. The first kappa shape index (κ1) is 21.1. The highest BCUT2D eigenvalue weighted by atomic mass is 16.5. The van der Waals surface area contributed by atoms with Crippen molar-refractivity contribution in [2.24, 2.45) is 28.1 Å². The second-order valence-electron chi connectivity index (χ2n) is 10.9. The van der Waals surface area contributed by atoms with E-state index in [0.29, 0.717) is 25.0 Å². The topological polar surface area (TPSA) is 29.5 Å². The molecule has 154 valence electrons. The largest absolute Gasteiger partial charge is 0.389 e. The van der Waals surface area contributed by atoms with Crippen LogP contribution >= 0.6 is 0 Å². The molecule has 0 heterocycles. The van der Waals surface area contributed by atoms with Gasteiger partial charge in [-0.25, -0.2) is 0 Å².